The summed E-state index contributed by atoms with van der Waals surface area (Å²) >= 11 is 12.1. The average molecular weight is 309 g/mol. The molecule has 0 aliphatic heterocycles. The van der Waals surface area contributed by atoms with E-state index in [0.717, 1.165) is 16.7 Å². The van der Waals surface area contributed by atoms with Gasteiger partial charge in [-0.25, -0.2) is 0 Å². The minimum Gasteiger partial charge on any atom is -0.481 e. The van der Waals surface area contributed by atoms with Crippen LogP contribution in [-0.2, 0) is 4.79 Å². The zero-order valence-electron chi connectivity index (χ0n) is 10.9. The van der Waals surface area contributed by atoms with Crippen LogP contribution in [0.4, 0.5) is 0 Å². The first-order chi connectivity index (χ1) is 9.47. The molecule has 0 bridgehead atoms. The van der Waals surface area contributed by atoms with Gasteiger partial charge in [-0.15, -0.1) is 0 Å². The van der Waals surface area contributed by atoms with Crippen LogP contribution in [0.25, 0.3) is 11.1 Å². The number of carbonyl (C=O) groups is 1. The molecule has 1 atom stereocenters. The van der Waals surface area contributed by atoms with E-state index in [-0.39, 0.29) is 12.3 Å². The Labute approximate surface area is 128 Å². The predicted octanol–water partition coefficient (Wildman–Crippen LogP) is 5.24. The zero-order valence-corrected chi connectivity index (χ0v) is 12.4. The smallest absolute Gasteiger partial charge is 0.303 e. The van der Waals surface area contributed by atoms with E-state index in [1.165, 1.54) is 0 Å². The van der Waals surface area contributed by atoms with Crippen molar-refractivity contribution in [3.05, 3.63) is 58.1 Å². The number of hydrogen-bond acceptors (Lipinski definition) is 1. The van der Waals surface area contributed by atoms with E-state index in [4.69, 9.17) is 28.3 Å². The first-order valence-electron chi connectivity index (χ1n) is 6.24. The fourth-order valence-electron chi connectivity index (χ4n) is 2.09. The predicted molar refractivity (Wildman–Crippen MR) is 82.6 cm³/mol. The van der Waals surface area contributed by atoms with Crippen LogP contribution < -0.4 is 0 Å². The third-order valence-electron chi connectivity index (χ3n) is 3.20. The van der Waals surface area contributed by atoms with Crippen LogP contribution >= 0.6 is 23.2 Å². The molecule has 1 N–H and O–H groups in total. The van der Waals surface area contributed by atoms with Gasteiger partial charge < -0.3 is 5.11 Å². The fraction of sp³-hybridized carbons (Fsp3) is 0.188. The molecule has 2 aromatic carbocycles. The van der Waals surface area contributed by atoms with Gasteiger partial charge >= 0.3 is 5.97 Å². The number of carboxylic acids is 1. The van der Waals surface area contributed by atoms with Crippen molar-refractivity contribution in [2.45, 2.75) is 19.3 Å². The number of benzene rings is 2. The molecule has 0 amide bonds. The Balaban J connectivity index is 2.25. The molecule has 0 saturated heterocycles. The Bertz CT molecular complexity index is 621. The molecule has 2 nitrogen and oxygen atoms in total. The van der Waals surface area contributed by atoms with Gasteiger partial charge in [-0.3, -0.25) is 4.79 Å². The maximum Gasteiger partial charge on any atom is 0.303 e. The lowest BCUT2D eigenvalue weighted by atomic mass is 9.95. The minimum atomic E-state index is -0.790. The van der Waals surface area contributed by atoms with E-state index < -0.39 is 5.97 Å². The number of halogens is 2. The highest BCUT2D eigenvalue weighted by atomic mass is 35.5. The van der Waals surface area contributed by atoms with E-state index >= 15 is 0 Å². The number of rotatable bonds is 4. The van der Waals surface area contributed by atoms with Crippen LogP contribution in [0.2, 0.25) is 10.0 Å². The molecule has 1 unspecified atom stereocenters. The van der Waals surface area contributed by atoms with Gasteiger partial charge in [0.25, 0.3) is 0 Å². The summed E-state index contributed by atoms with van der Waals surface area (Å²) in [6, 6.07) is 13.1. The summed E-state index contributed by atoms with van der Waals surface area (Å²) in [7, 11) is 0. The summed E-state index contributed by atoms with van der Waals surface area (Å²) in [4.78, 5) is 10.7. The summed E-state index contributed by atoms with van der Waals surface area (Å²) in [5.41, 5.74) is 2.90. The Morgan fingerprint density at radius 1 is 1.15 bits per heavy atom. The second-order valence-electron chi connectivity index (χ2n) is 4.75. The van der Waals surface area contributed by atoms with Crippen molar-refractivity contribution in [3.63, 3.8) is 0 Å². The fourth-order valence-corrected chi connectivity index (χ4v) is 2.61. The Hall–Kier alpha value is -1.51. The molecule has 0 aromatic heterocycles. The quantitative estimate of drug-likeness (QED) is 0.838. The summed E-state index contributed by atoms with van der Waals surface area (Å²) in [6.07, 6.45) is 0.126. The highest BCUT2D eigenvalue weighted by molar-refractivity contribution is 6.36. The topological polar surface area (TPSA) is 37.3 Å². The summed E-state index contributed by atoms with van der Waals surface area (Å²) in [6.45, 7) is 1.90. The Morgan fingerprint density at radius 3 is 2.35 bits per heavy atom. The molecule has 2 rings (SSSR count). The number of hydrogen-bond donors (Lipinski definition) is 1. The number of carboxylic acid groups (broad SMARTS) is 1. The van der Waals surface area contributed by atoms with Crippen molar-refractivity contribution >= 4 is 29.2 Å². The molecule has 104 valence electrons. The summed E-state index contributed by atoms with van der Waals surface area (Å²) in [5, 5.41) is 10.0. The van der Waals surface area contributed by atoms with Gasteiger partial charge in [0, 0.05) is 15.6 Å². The molecule has 0 radical (unpaired) electrons. The van der Waals surface area contributed by atoms with Gasteiger partial charge in [0.15, 0.2) is 0 Å². The molecule has 0 fully saturated rings. The third kappa shape index (κ3) is 3.53. The van der Waals surface area contributed by atoms with Gasteiger partial charge in [-0.05, 0) is 29.2 Å². The van der Waals surface area contributed by atoms with Gasteiger partial charge in [0.2, 0.25) is 0 Å². The van der Waals surface area contributed by atoms with Gasteiger partial charge in [0.1, 0.15) is 0 Å². The Kier molecular flexibility index (Phi) is 4.69. The largest absolute Gasteiger partial charge is 0.481 e. The van der Waals surface area contributed by atoms with Gasteiger partial charge in [0.05, 0.1) is 6.42 Å². The second-order valence-corrected chi connectivity index (χ2v) is 5.59. The first-order valence-corrected chi connectivity index (χ1v) is 7.00. The van der Waals surface area contributed by atoms with Crippen molar-refractivity contribution in [1.82, 2.24) is 0 Å². The highest BCUT2D eigenvalue weighted by Gasteiger charge is 2.11. The van der Waals surface area contributed by atoms with E-state index in [0.29, 0.717) is 10.0 Å². The lowest BCUT2D eigenvalue weighted by Crippen LogP contribution is -2.02. The number of aliphatic carboxylic acids is 1. The molecule has 0 saturated carbocycles. The van der Waals surface area contributed by atoms with Crippen LogP contribution in [0.1, 0.15) is 24.8 Å². The van der Waals surface area contributed by atoms with Gasteiger partial charge in [-0.1, -0.05) is 60.5 Å². The lowest BCUT2D eigenvalue weighted by Gasteiger charge is -2.11. The highest BCUT2D eigenvalue weighted by Crippen LogP contribution is 2.31. The van der Waals surface area contributed by atoms with E-state index in [1.54, 1.807) is 12.1 Å². The molecule has 0 spiro atoms. The molecule has 4 heteroatoms. The van der Waals surface area contributed by atoms with Crippen molar-refractivity contribution in [2.24, 2.45) is 0 Å². The molecular formula is C16H14Cl2O2. The summed E-state index contributed by atoms with van der Waals surface area (Å²) in [5.74, 6) is -0.801. The average Bonchev–Trinajstić information content (AvgIpc) is 2.38. The van der Waals surface area contributed by atoms with E-state index in [2.05, 4.69) is 0 Å². The van der Waals surface area contributed by atoms with Gasteiger partial charge in [-0.2, -0.15) is 0 Å². The Morgan fingerprint density at radius 2 is 1.80 bits per heavy atom. The van der Waals surface area contributed by atoms with Crippen LogP contribution in [0.15, 0.2) is 42.5 Å². The molecule has 0 aliphatic rings. The van der Waals surface area contributed by atoms with Crippen LogP contribution in [0.3, 0.4) is 0 Å². The zero-order chi connectivity index (χ0) is 14.7. The lowest BCUT2D eigenvalue weighted by molar-refractivity contribution is -0.137. The van der Waals surface area contributed by atoms with Crippen LogP contribution in [0.5, 0.6) is 0 Å². The maximum absolute atomic E-state index is 10.7. The molecule has 2 aromatic rings. The van der Waals surface area contributed by atoms with Crippen molar-refractivity contribution in [2.75, 3.05) is 0 Å². The van der Waals surface area contributed by atoms with E-state index in [1.807, 2.05) is 37.3 Å². The normalized spacial score (nSPS) is 12.2. The van der Waals surface area contributed by atoms with Crippen molar-refractivity contribution in [3.8, 4) is 11.1 Å². The monoisotopic (exact) mass is 308 g/mol. The molecule has 0 heterocycles. The van der Waals surface area contributed by atoms with Crippen LogP contribution in [0, 0.1) is 0 Å². The van der Waals surface area contributed by atoms with Crippen molar-refractivity contribution in [1.29, 1.82) is 0 Å². The minimum absolute atomic E-state index is 0.0118. The molecule has 0 aliphatic carbocycles. The second kappa shape index (κ2) is 6.29. The van der Waals surface area contributed by atoms with Crippen molar-refractivity contribution < 1.29 is 9.90 Å². The third-order valence-corrected chi connectivity index (χ3v) is 3.75. The molecular weight excluding hydrogens is 295 g/mol. The SMILES string of the molecule is CC(CC(=O)O)c1ccc(-c2ccc(Cl)cc2Cl)cc1. The standard InChI is InChI=1S/C16H14Cl2O2/c1-10(8-16(19)20)11-2-4-12(5-3-11)14-7-6-13(17)9-15(14)18/h2-7,9-10H,8H2,1H3,(H,19,20). The summed E-state index contributed by atoms with van der Waals surface area (Å²) < 4.78 is 0. The van der Waals surface area contributed by atoms with Crippen LogP contribution in [-0.4, -0.2) is 11.1 Å². The molecule has 20 heavy (non-hydrogen) atoms. The van der Waals surface area contributed by atoms with E-state index in [9.17, 15) is 4.79 Å². The maximum atomic E-state index is 10.7. The first kappa shape index (κ1) is 14.9.